The molecule has 0 bridgehead atoms. The molecule has 2 aliphatic carbocycles. The van der Waals surface area contributed by atoms with Crippen molar-refractivity contribution >= 4 is 28.0 Å². The number of methoxy groups -OCH3 is 2. The second kappa shape index (κ2) is 10.0. The molecular weight excluding hydrogens is 546 g/mol. The molecule has 7 rings (SSSR count). The quantitative estimate of drug-likeness (QED) is 0.287. The van der Waals surface area contributed by atoms with E-state index in [1.54, 1.807) is 29.7 Å². The summed E-state index contributed by atoms with van der Waals surface area (Å²) in [6.07, 6.45) is 8.86. The molecule has 224 valence electrons. The van der Waals surface area contributed by atoms with Gasteiger partial charge in [0.25, 0.3) is 0 Å². The van der Waals surface area contributed by atoms with Crippen molar-refractivity contribution in [2.45, 2.75) is 57.0 Å². The van der Waals surface area contributed by atoms with Crippen molar-refractivity contribution in [2.24, 2.45) is 20.0 Å². The van der Waals surface area contributed by atoms with Crippen molar-refractivity contribution < 1.29 is 14.3 Å². The molecule has 1 aromatic carbocycles. The van der Waals surface area contributed by atoms with E-state index in [1.165, 1.54) is 0 Å². The first-order valence-corrected chi connectivity index (χ1v) is 14.9. The largest absolute Gasteiger partial charge is 0.497 e. The van der Waals surface area contributed by atoms with Crippen LogP contribution in [0.15, 0.2) is 41.5 Å². The van der Waals surface area contributed by atoms with Gasteiger partial charge in [-0.15, -0.1) is 5.10 Å². The Labute approximate surface area is 248 Å². The summed E-state index contributed by atoms with van der Waals surface area (Å²) in [6.45, 7) is 2.14. The standard InChI is InChI=1S/C32H37N7O4/c1-32(35-29(40)19-6-7-19)14-12-20(13-15-32)39-27-23(38(3)31(39)41)16-33-28-25(27)24(18-8-10-21(42-4)11-9-18)26(34-28)22-17-37(2)36-30(22)43-5/h8-11,16-17,19-20H,6-7,12-15H2,1-5H3,(H,33,34)(H,35,40). The van der Waals surface area contributed by atoms with Crippen LogP contribution in [0.1, 0.15) is 51.5 Å². The number of carbonyl (C=O) groups is 1. The van der Waals surface area contributed by atoms with Gasteiger partial charge in [-0.3, -0.25) is 18.6 Å². The number of rotatable bonds is 7. The zero-order valence-electron chi connectivity index (χ0n) is 25.2. The Morgan fingerprint density at radius 1 is 1.07 bits per heavy atom. The monoisotopic (exact) mass is 583 g/mol. The number of fused-ring (bicyclic) bond motifs is 3. The minimum absolute atomic E-state index is 0.0114. The number of benzene rings is 1. The van der Waals surface area contributed by atoms with E-state index < -0.39 is 0 Å². The fourth-order valence-electron chi connectivity index (χ4n) is 6.72. The molecule has 0 unspecified atom stereocenters. The molecule has 0 spiro atoms. The van der Waals surface area contributed by atoms with E-state index in [2.05, 4.69) is 22.3 Å². The van der Waals surface area contributed by atoms with Gasteiger partial charge in [-0.05, 0) is 63.1 Å². The number of pyridine rings is 1. The summed E-state index contributed by atoms with van der Waals surface area (Å²) in [4.78, 5) is 34.9. The lowest BCUT2D eigenvalue weighted by Crippen LogP contribution is -2.49. The van der Waals surface area contributed by atoms with Crippen LogP contribution in [0, 0.1) is 5.92 Å². The van der Waals surface area contributed by atoms with Gasteiger partial charge in [0.1, 0.15) is 11.4 Å². The third-order valence-electron chi connectivity index (χ3n) is 9.30. The maximum absolute atomic E-state index is 13.9. The molecule has 0 aliphatic heterocycles. The molecular formula is C32H37N7O4. The first kappa shape index (κ1) is 27.3. The summed E-state index contributed by atoms with van der Waals surface area (Å²) in [5.74, 6) is 1.59. The maximum atomic E-state index is 13.9. The first-order valence-electron chi connectivity index (χ1n) is 14.9. The van der Waals surface area contributed by atoms with Crippen LogP contribution in [-0.2, 0) is 18.9 Å². The Bertz CT molecular complexity index is 1920. The lowest BCUT2D eigenvalue weighted by molar-refractivity contribution is -0.124. The lowest BCUT2D eigenvalue weighted by atomic mass is 9.80. The van der Waals surface area contributed by atoms with Gasteiger partial charge >= 0.3 is 5.69 Å². The van der Waals surface area contributed by atoms with Crippen LogP contribution in [-0.4, -0.2) is 54.5 Å². The number of ether oxygens (including phenoxy) is 2. The molecule has 2 aliphatic rings. The number of aromatic nitrogens is 6. The number of hydrogen-bond acceptors (Lipinski definition) is 6. The Morgan fingerprint density at radius 3 is 2.44 bits per heavy atom. The van der Waals surface area contributed by atoms with E-state index in [-0.39, 0.29) is 29.1 Å². The van der Waals surface area contributed by atoms with Gasteiger partial charge in [0.05, 0.1) is 48.1 Å². The number of nitrogens with one attached hydrogen (secondary N) is 2. The molecule has 1 amide bonds. The molecule has 2 fully saturated rings. The topological polar surface area (TPSA) is 121 Å². The number of amides is 1. The summed E-state index contributed by atoms with van der Waals surface area (Å²) in [5, 5.41) is 8.69. The van der Waals surface area contributed by atoms with Crippen LogP contribution in [0.2, 0.25) is 0 Å². The zero-order valence-corrected chi connectivity index (χ0v) is 25.2. The Kier molecular flexibility index (Phi) is 6.37. The normalized spacial score (nSPS) is 20.5. The summed E-state index contributed by atoms with van der Waals surface area (Å²) in [7, 11) is 6.92. The summed E-state index contributed by atoms with van der Waals surface area (Å²) < 4.78 is 16.5. The third-order valence-corrected chi connectivity index (χ3v) is 9.30. The molecule has 2 saturated carbocycles. The third kappa shape index (κ3) is 4.49. The molecule has 4 heterocycles. The SMILES string of the molecule is COc1ccc(-c2c(-c3cn(C)nc3OC)[nH]c3ncc4c(c23)n(C2CCC(C)(NC(=O)C3CC3)CC2)c(=O)n4C)cc1. The smallest absolute Gasteiger partial charge is 0.329 e. The van der Waals surface area contributed by atoms with Crippen LogP contribution >= 0.6 is 0 Å². The van der Waals surface area contributed by atoms with Gasteiger partial charge < -0.3 is 19.8 Å². The molecule has 0 radical (unpaired) electrons. The van der Waals surface area contributed by atoms with Crippen LogP contribution in [0.5, 0.6) is 11.6 Å². The number of hydrogen-bond donors (Lipinski definition) is 2. The Morgan fingerprint density at radius 2 is 1.79 bits per heavy atom. The summed E-state index contributed by atoms with van der Waals surface area (Å²) >= 11 is 0. The number of aromatic amines is 1. The van der Waals surface area contributed by atoms with Crippen molar-refractivity contribution in [1.82, 2.24) is 34.2 Å². The highest BCUT2D eigenvalue weighted by Gasteiger charge is 2.38. The summed E-state index contributed by atoms with van der Waals surface area (Å²) in [6, 6.07) is 7.89. The van der Waals surface area contributed by atoms with E-state index in [9.17, 15) is 9.59 Å². The molecule has 5 aromatic rings. The highest BCUT2D eigenvalue weighted by molar-refractivity contribution is 6.14. The average molecular weight is 584 g/mol. The molecule has 11 nitrogen and oxygen atoms in total. The zero-order chi connectivity index (χ0) is 30.0. The highest BCUT2D eigenvalue weighted by atomic mass is 16.5. The first-order chi connectivity index (χ1) is 20.7. The van der Waals surface area contributed by atoms with Gasteiger partial charge in [0.15, 0.2) is 0 Å². The fourth-order valence-corrected chi connectivity index (χ4v) is 6.72. The number of carbonyl (C=O) groups excluding carboxylic acids is 1. The van der Waals surface area contributed by atoms with E-state index in [0.29, 0.717) is 11.5 Å². The van der Waals surface area contributed by atoms with E-state index in [1.807, 2.05) is 49.1 Å². The minimum atomic E-state index is -0.256. The van der Waals surface area contributed by atoms with Crippen LogP contribution in [0.3, 0.4) is 0 Å². The van der Waals surface area contributed by atoms with Crippen LogP contribution in [0.4, 0.5) is 0 Å². The predicted octanol–water partition coefficient (Wildman–Crippen LogP) is 4.70. The number of nitrogens with zero attached hydrogens (tertiary/aromatic N) is 5. The van der Waals surface area contributed by atoms with E-state index in [4.69, 9.17) is 14.5 Å². The molecule has 4 aromatic heterocycles. The van der Waals surface area contributed by atoms with E-state index in [0.717, 1.165) is 83.1 Å². The van der Waals surface area contributed by atoms with Gasteiger partial charge in [-0.25, -0.2) is 9.78 Å². The Balaban J connectivity index is 1.42. The van der Waals surface area contributed by atoms with Gasteiger partial charge in [0.2, 0.25) is 11.8 Å². The molecule has 11 heteroatoms. The van der Waals surface area contributed by atoms with Crippen molar-refractivity contribution in [2.75, 3.05) is 14.2 Å². The second-order valence-electron chi connectivity index (χ2n) is 12.3. The van der Waals surface area contributed by atoms with Gasteiger partial charge in [-0.1, -0.05) is 12.1 Å². The van der Waals surface area contributed by atoms with Gasteiger partial charge in [-0.2, -0.15) is 0 Å². The second-order valence-corrected chi connectivity index (χ2v) is 12.3. The van der Waals surface area contributed by atoms with Crippen molar-refractivity contribution in [1.29, 1.82) is 0 Å². The molecule has 0 atom stereocenters. The maximum Gasteiger partial charge on any atom is 0.329 e. The predicted molar refractivity (Wildman–Crippen MR) is 164 cm³/mol. The molecule has 2 N–H and O–H groups in total. The Hall–Kier alpha value is -4.54. The highest BCUT2D eigenvalue weighted by Crippen LogP contribution is 2.45. The molecule has 43 heavy (non-hydrogen) atoms. The number of imidazole rings is 1. The van der Waals surface area contributed by atoms with Crippen LogP contribution in [0.25, 0.3) is 44.5 Å². The minimum Gasteiger partial charge on any atom is -0.497 e. The van der Waals surface area contributed by atoms with E-state index >= 15 is 0 Å². The van der Waals surface area contributed by atoms with Crippen molar-refractivity contribution in [3.05, 3.63) is 47.1 Å². The van der Waals surface area contributed by atoms with Gasteiger partial charge in [0, 0.05) is 43.4 Å². The van der Waals surface area contributed by atoms with Crippen LogP contribution < -0.4 is 20.5 Å². The lowest BCUT2D eigenvalue weighted by Gasteiger charge is -2.38. The molecule has 0 saturated heterocycles. The number of H-pyrrole nitrogens is 1. The number of aryl methyl sites for hydroxylation is 2. The average Bonchev–Trinajstić information content (AvgIpc) is 3.63. The van der Waals surface area contributed by atoms with Crippen molar-refractivity contribution in [3.8, 4) is 34.0 Å². The van der Waals surface area contributed by atoms with Crippen molar-refractivity contribution in [3.63, 3.8) is 0 Å². The summed E-state index contributed by atoms with van der Waals surface area (Å²) in [5.41, 5.74) is 5.45. The fraction of sp³-hybridized carbons (Fsp3) is 0.438.